The quantitative estimate of drug-likeness (QED) is 0.548. The lowest BCUT2D eigenvalue weighted by molar-refractivity contribution is 0.397. The molecule has 0 atom stereocenters. The van der Waals surface area contributed by atoms with Crippen LogP contribution in [0.5, 0.6) is 0 Å². The number of hydrogen-bond donors (Lipinski definition) is 0. The van der Waals surface area contributed by atoms with Gasteiger partial charge < -0.3 is 4.52 Å². The van der Waals surface area contributed by atoms with Crippen LogP contribution in [-0.2, 0) is 5.75 Å². The van der Waals surface area contributed by atoms with E-state index < -0.39 is 0 Å². The predicted molar refractivity (Wildman–Crippen MR) is 91.6 cm³/mol. The number of rotatable bonds is 5. The van der Waals surface area contributed by atoms with Crippen LogP contribution in [0.3, 0.4) is 0 Å². The molecule has 0 unspecified atom stereocenters. The van der Waals surface area contributed by atoms with Crippen molar-refractivity contribution in [3.63, 3.8) is 0 Å². The lowest BCUT2D eigenvalue weighted by Crippen LogP contribution is -1.86. The fraction of sp³-hybridized carbons (Fsp3) is 0.118. The van der Waals surface area contributed by atoms with Gasteiger partial charge in [0, 0.05) is 10.5 Å². The van der Waals surface area contributed by atoms with E-state index in [0.29, 0.717) is 5.76 Å². The van der Waals surface area contributed by atoms with Crippen LogP contribution >= 0.6 is 23.9 Å². The number of hydrogen-bond acceptors (Lipinski definition) is 4. The van der Waals surface area contributed by atoms with E-state index in [1.165, 1.54) is 4.90 Å². The van der Waals surface area contributed by atoms with E-state index in [-0.39, 0.29) is 17.9 Å². The van der Waals surface area contributed by atoms with E-state index in [0.717, 1.165) is 22.4 Å². The molecule has 0 fully saturated rings. The molecule has 5 heteroatoms. The summed E-state index contributed by atoms with van der Waals surface area (Å²) in [6.07, 6.45) is 2.04. The van der Waals surface area contributed by atoms with Gasteiger partial charge in [-0.05, 0) is 24.0 Å². The van der Waals surface area contributed by atoms with Crippen LogP contribution < -0.4 is 0 Å². The maximum atomic E-state index is 12.7. The Hall–Kier alpha value is -1.72. The van der Waals surface area contributed by atoms with Crippen molar-refractivity contribution < 1.29 is 8.41 Å². The third kappa shape index (κ3) is 3.05. The van der Waals surface area contributed by atoms with Gasteiger partial charge in [0.15, 0.2) is 5.76 Å². The molecular weight excluding hydrogens is 317 g/mol. The molecule has 112 valence electrons. The zero-order chi connectivity index (χ0) is 15.4. The van der Waals surface area contributed by atoms with Crippen LogP contribution in [-0.4, -0.2) is 11.4 Å². The highest BCUT2D eigenvalue weighted by atomic mass is 32.2. The van der Waals surface area contributed by atoms with Crippen molar-refractivity contribution in [1.29, 1.82) is 0 Å². The summed E-state index contributed by atoms with van der Waals surface area (Å²) in [5, 5.41) is 4.18. The third-order valence-corrected chi connectivity index (χ3v) is 4.49. The number of aromatic nitrogens is 1. The minimum Gasteiger partial charge on any atom is -0.359 e. The molecule has 0 saturated carbocycles. The first-order valence-electron chi connectivity index (χ1n) is 6.75. The molecule has 0 aliphatic carbocycles. The Morgan fingerprint density at radius 1 is 1.00 bits per heavy atom. The molecule has 0 spiro atoms. The molecule has 2 nitrogen and oxygen atoms in total. The number of halogens is 1. The average molecular weight is 331 g/mol. The lowest BCUT2D eigenvalue weighted by Gasteiger charge is -2.04. The molecule has 0 saturated heterocycles. The van der Waals surface area contributed by atoms with Gasteiger partial charge in [-0.15, -0.1) is 11.8 Å². The first kappa shape index (κ1) is 15.2. The molecule has 0 N–H and O–H groups in total. The number of thioether (sulfide) groups is 1. The summed E-state index contributed by atoms with van der Waals surface area (Å²) in [5.74, 6) is 0.711. The van der Waals surface area contributed by atoms with Gasteiger partial charge in [-0.25, -0.2) is 0 Å². The van der Waals surface area contributed by atoms with Gasteiger partial charge in [0.2, 0.25) is 0 Å². The Bertz CT molecular complexity index is 741. The summed E-state index contributed by atoms with van der Waals surface area (Å²) in [6.45, 7) is 0. The van der Waals surface area contributed by atoms with Crippen LogP contribution in [0.25, 0.3) is 22.4 Å². The SMILES string of the molecule is CSc1ccc(-c2noc(CSF)c2-c2ccccc2)cc1. The summed E-state index contributed by atoms with van der Waals surface area (Å²) in [5.41, 5.74) is 3.57. The normalized spacial score (nSPS) is 10.8. The molecule has 0 bridgehead atoms. The summed E-state index contributed by atoms with van der Waals surface area (Å²) in [4.78, 5) is 1.19. The molecule has 0 radical (unpaired) electrons. The highest BCUT2D eigenvalue weighted by Gasteiger charge is 2.19. The van der Waals surface area contributed by atoms with Crippen molar-refractivity contribution in [2.75, 3.05) is 6.26 Å². The highest BCUT2D eigenvalue weighted by molar-refractivity contribution is 7.98. The van der Waals surface area contributed by atoms with Gasteiger partial charge in [-0.1, -0.05) is 47.6 Å². The topological polar surface area (TPSA) is 26.0 Å². The second kappa shape index (κ2) is 7.03. The molecule has 1 aromatic heterocycles. The molecule has 3 aromatic rings. The van der Waals surface area contributed by atoms with E-state index in [2.05, 4.69) is 5.16 Å². The molecule has 0 amide bonds. The Kier molecular flexibility index (Phi) is 4.85. The smallest absolute Gasteiger partial charge is 0.157 e. The summed E-state index contributed by atoms with van der Waals surface area (Å²) >= 11 is 1.93. The Morgan fingerprint density at radius 2 is 1.73 bits per heavy atom. The standard InChI is InChI=1S/C17H14FNOS2/c1-21-14-9-7-13(8-10-14)17-16(12-5-3-2-4-6-12)15(11-22-18)20-19-17/h2-10H,11H2,1H3. The van der Waals surface area contributed by atoms with E-state index >= 15 is 0 Å². The monoisotopic (exact) mass is 331 g/mol. The Labute approximate surface area is 137 Å². The van der Waals surface area contributed by atoms with E-state index in [1.54, 1.807) is 11.8 Å². The van der Waals surface area contributed by atoms with E-state index in [4.69, 9.17) is 4.52 Å². The summed E-state index contributed by atoms with van der Waals surface area (Å²) in [6, 6.07) is 18.0. The molecular formula is C17H14FNOS2. The van der Waals surface area contributed by atoms with Crippen molar-refractivity contribution >= 4 is 23.9 Å². The highest BCUT2D eigenvalue weighted by Crippen LogP contribution is 2.36. The van der Waals surface area contributed by atoms with Gasteiger partial charge in [-0.2, -0.15) is 3.89 Å². The summed E-state index contributed by atoms with van der Waals surface area (Å²) in [7, 11) is 0. The Balaban J connectivity index is 2.11. The van der Waals surface area contributed by atoms with Crippen molar-refractivity contribution in [2.24, 2.45) is 0 Å². The van der Waals surface area contributed by atoms with E-state index in [1.807, 2.05) is 60.9 Å². The van der Waals surface area contributed by atoms with Crippen LogP contribution in [0.1, 0.15) is 5.76 Å². The van der Waals surface area contributed by atoms with Crippen LogP contribution in [0.4, 0.5) is 3.89 Å². The van der Waals surface area contributed by atoms with Gasteiger partial charge in [-0.3, -0.25) is 0 Å². The van der Waals surface area contributed by atoms with Crippen molar-refractivity contribution in [3.05, 3.63) is 60.4 Å². The Morgan fingerprint density at radius 3 is 2.36 bits per heavy atom. The second-order valence-electron chi connectivity index (χ2n) is 4.68. The molecule has 22 heavy (non-hydrogen) atoms. The van der Waals surface area contributed by atoms with E-state index in [9.17, 15) is 3.89 Å². The number of nitrogens with zero attached hydrogens (tertiary/aromatic N) is 1. The second-order valence-corrected chi connectivity index (χ2v) is 6.06. The van der Waals surface area contributed by atoms with Gasteiger partial charge in [0.1, 0.15) is 5.69 Å². The fourth-order valence-electron chi connectivity index (χ4n) is 2.32. The first-order valence-corrected chi connectivity index (χ1v) is 8.86. The van der Waals surface area contributed by atoms with Crippen LogP contribution in [0, 0.1) is 0 Å². The maximum absolute atomic E-state index is 12.7. The number of benzene rings is 2. The van der Waals surface area contributed by atoms with Crippen LogP contribution in [0.15, 0.2) is 64.0 Å². The molecule has 3 rings (SSSR count). The van der Waals surface area contributed by atoms with Gasteiger partial charge >= 0.3 is 0 Å². The molecule has 0 aliphatic rings. The van der Waals surface area contributed by atoms with Crippen molar-refractivity contribution in [2.45, 2.75) is 10.6 Å². The molecule has 2 aromatic carbocycles. The van der Waals surface area contributed by atoms with Crippen LogP contribution in [0.2, 0.25) is 0 Å². The minimum absolute atomic E-state index is 0.153. The molecule has 1 heterocycles. The molecule has 0 aliphatic heterocycles. The maximum Gasteiger partial charge on any atom is 0.157 e. The minimum atomic E-state index is 0.153. The predicted octanol–water partition coefficient (Wildman–Crippen LogP) is 5.85. The van der Waals surface area contributed by atoms with Gasteiger partial charge in [0.05, 0.1) is 23.5 Å². The zero-order valence-corrected chi connectivity index (χ0v) is 13.6. The third-order valence-electron chi connectivity index (χ3n) is 3.37. The fourth-order valence-corrected chi connectivity index (χ4v) is 3.03. The largest absolute Gasteiger partial charge is 0.359 e. The summed E-state index contributed by atoms with van der Waals surface area (Å²) < 4.78 is 18.1. The van der Waals surface area contributed by atoms with Crippen molar-refractivity contribution in [3.8, 4) is 22.4 Å². The average Bonchev–Trinajstić information content (AvgIpc) is 3.00. The first-order chi connectivity index (χ1) is 10.8. The lowest BCUT2D eigenvalue weighted by atomic mass is 10.00. The van der Waals surface area contributed by atoms with Gasteiger partial charge in [0.25, 0.3) is 0 Å². The zero-order valence-electron chi connectivity index (χ0n) is 12.0. The van der Waals surface area contributed by atoms with Crippen molar-refractivity contribution in [1.82, 2.24) is 5.16 Å².